The number of carbonyl (C=O) groups excluding carboxylic acids is 6. The lowest BCUT2D eigenvalue weighted by molar-refractivity contribution is -0.133. The molecule has 21 atom stereocenters. The van der Waals surface area contributed by atoms with E-state index in [0.717, 1.165) is 0 Å². The molecule has 24 N–H and O–H groups in total. The first kappa shape index (κ1) is 80.4. The lowest BCUT2D eigenvalue weighted by atomic mass is 10.0. The predicted octanol–water partition coefficient (Wildman–Crippen LogP) is -11.8. The van der Waals surface area contributed by atoms with Crippen molar-refractivity contribution in [2.75, 3.05) is 19.8 Å². The molecule has 0 fully saturated rings. The van der Waals surface area contributed by atoms with Crippen LogP contribution in [-0.2, 0) is 28.8 Å². The molecule has 21 unspecified atom stereocenters. The second-order valence-electron chi connectivity index (χ2n) is 15.8. The van der Waals surface area contributed by atoms with Gasteiger partial charge in [-0.2, -0.15) is 0 Å². The highest BCUT2D eigenvalue weighted by atomic mass is 16.4. The van der Waals surface area contributed by atoms with E-state index in [0.29, 0.717) is 6.42 Å². The minimum atomic E-state index is -1.65. The van der Waals surface area contributed by atoms with Crippen LogP contribution >= 0.6 is 0 Å². The van der Waals surface area contributed by atoms with Crippen molar-refractivity contribution in [1.82, 2.24) is 0 Å². The number of aliphatic hydroxyl groups excluding tert-OH is 24. The van der Waals surface area contributed by atoms with E-state index in [4.69, 9.17) is 123 Å². The van der Waals surface area contributed by atoms with Crippen molar-refractivity contribution in [3.63, 3.8) is 0 Å². The van der Waals surface area contributed by atoms with Gasteiger partial charge in [0, 0.05) is 32.5 Å². The van der Waals surface area contributed by atoms with Crippen LogP contribution in [0.2, 0.25) is 0 Å². The highest BCUT2D eigenvalue weighted by molar-refractivity contribution is 5.58. The van der Waals surface area contributed by atoms with Crippen LogP contribution in [0.1, 0.15) is 78.6 Å². The highest BCUT2D eigenvalue weighted by Gasteiger charge is 2.29. The number of hydrogen-bond acceptors (Lipinski definition) is 30. The van der Waals surface area contributed by atoms with Gasteiger partial charge in [-0.15, -0.1) is 0 Å². The number of aldehydes is 6. The summed E-state index contributed by atoms with van der Waals surface area (Å²) < 4.78 is 0. The molecule has 0 aromatic rings. The Morgan fingerprint density at radius 1 is 0.333 bits per heavy atom. The monoisotopic (exact) mass is 1070 g/mol. The van der Waals surface area contributed by atoms with Gasteiger partial charge in [0.2, 0.25) is 0 Å². The third-order valence-corrected chi connectivity index (χ3v) is 9.28. The zero-order valence-corrected chi connectivity index (χ0v) is 40.3. The Morgan fingerprint density at radius 3 is 1.07 bits per heavy atom. The van der Waals surface area contributed by atoms with E-state index >= 15 is 0 Å². The van der Waals surface area contributed by atoms with Crippen LogP contribution in [0.4, 0.5) is 0 Å². The molecule has 0 aliphatic carbocycles. The first-order valence-corrected chi connectivity index (χ1v) is 22.2. The second kappa shape index (κ2) is 50.2. The summed E-state index contributed by atoms with van der Waals surface area (Å²) in [6.07, 6.45) is -25.6. The van der Waals surface area contributed by atoms with Crippen LogP contribution in [-0.4, -0.2) is 308 Å². The largest absolute Gasteiger partial charge is 0.396 e. The van der Waals surface area contributed by atoms with Crippen molar-refractivity contribution in [1.29, 1.82) is 0 Å². The standard InChI is InChI=1S/6C7H14O5/c1-4(9)5(10)2-6(11)7(12)3-8;1-4(9)2-5(10)7(12)6(11)3-8;8-2-1-5(10)3-6(11)7(12)4-9;8-3-5(10)1-2-6(11)7(12)4-9;1-2-4(9)6(11)7(12)5(10)3-8;8-3-1-2-5(10)7(12)6(11)4-9/h2*3-7,9-12H,2H2,1H3;2*4-8,10-12H,1-3H2;3-7,9-12H,2H2,1H3;4-8,10-12H,1-3H2. The van der Waals surface area contributed by atoms with Gasteiger partial charge in [0.05, 0.1) is 73.8 Å². The fourth-order valence-corrected chi connectivity index (χ4v) is 4.49. The van der Waals surface area contributed by atoms with Crippen molar-refractivity contribution >= 4 is 37.7 Å². The molecule has 0 aliphatic heterocycles. The smallest absolute Gasteiger partial charge is 0.151 e. The molecule has 0 aliphatic rings. The molecule has 72 heavy (non-hydrogen) atoms. The maximum atomic E-state index is 9.96. The Bertz CT molecular complexity index is 1270. The average molecular weight is 1070 g/mol. The average Bonchev–Trinajstić information content (AvgIpc) is 3.36. The Kier molecular flexibility index (Phi) is 56.1. The molecule has 0 bridgehead atoms. The third-order valence-electron chi connectivity index (χ3n) is 9.28. The highest BCUT2D eigenvalue weighted by Crippen LogP contribution is 2.09. The molecular weight excluding hydrogens is 984 g/mol. The number of rotatable bonds is 33. The molecule has 0 saturated carbocycles. The van der Waals surface area contributed by atoms with Gasteiger partial charge in [-0.3, -0.25) is 0 Å². The minimum Gasteiger partial charge on any atom is -0.396 e. The molecular formula is C42H84O30. The lowest BCUT2D eigenvalue weighted by Gasteiger charge is -2.22. The summed E-state index contributed by atoms with van der Waals surface area (Å²) in [5, 5.41) is 212. The zero-order valence-electron chi connectivity index (χ0n) is 40.3. The van der Waals surface area contributed by atoms with Crippen LogP contribution in [0.5, 0.6) is 0 Å². The van der Waals surface area contributed by atoms with Gasteiger partial charge in [0.1, 0.15) is 61.0 Å². The van der Waals surface area contributed by atoms with Crippen molar-refractivity contribution in [2.24, 2.45) is 0 Å². The van der Waals surface area contributed by atoms with E-state index in [-0.39, 0.29) is 109 Å². The molecule has 432 valence electrons. The molecule has 0 amide bonds. The number of carbonyl (C=O) groups is 6. The van der Waals surface area contributed by atoms with Crippen LogP contribution in [0, 0.1) is 0 Å². The van der Waals surface area contributed by atoms with Crippen LogP contribution in [0.3, 0.4) is 0 Å². The second-order valence-corrected chi connectivity index (χ2v) is 15.8. The summed E-state index contributed by atoms with van der Waals surface area (Å²) in [6, 6.07) is 0. The van der Waals surface area contributed by atoms with Gasteiger partial charge in [-0.1, -0.05) is 6.92 Å². The van der Waals surface area contributed by atoms with Crippen molar-refractivity contribution in [3.05, 3.63) is 0 Å². The van der Waals surface area contributed by atoms with E-state index in [2.05, 4.69) is 0 Å². The van der Waals surface area contributed by atoms with E-state index in [1.807, 2.05) is 0 Å². The molecule has 0 spiro atoms. The minimum absolute atomic E-state index is 0.0773. The quantitative estimate of drug-likeness (QED) is 0.0271. The van der Waals surface area contributed by atoms with E-state index in [9.17, 15) is 28.8 Å². The maximum absolute atomic E-state index is 9.96. The lowest BCUT2D eigenvalue weighted by Crippen LogP contribution is -2.44. The molecule has 0 radical (unpaired) electrons. The molecule has 0 aromatic heterocycles. The fraction of sp³-hybridized carbons (Fsp3) is 0.857. The third kappa shape index (κ3) is 44.5. The van der Waals surface area contributed by atoms with Crippen molar-refractivity contribution in [3.8, 4) is 0 Å². The fourth-order valence-electron chi connectivity index (χ4n) is 4.49. The molecule has 0 rings (SSSR count). The maximum Gasteiger partial charge on any atom is 0.151 e. The van der Waals surface area contributed by atoms with Crippen molar-refractivity contribution < 1.29 is 151 Å². The first-order valence-electron chi connectivity index (χ1n) is 22.2. The van der Waals surface area contributed by atoms with Gasteiger partial charge >= 0.3 is 0 Å². The molecule has 0 saturated heterocycles. The summed E-state index contributed by atoms with van der Waals surface area (Å²) in [5.41, 5.74) is 0. The Morgan fingerprint density at radius 2 is 0.722 bits per heavy atom. The van der Waals surface area contributed by atoms with Gasteiger partial charge in [-0.05, 0) is 52.4 Å². The van der Waals surface area contributed by atoms with E-state index < -0.39 is 128 Å². The predicted molar refractivity (Wildman–Crippen MR) is 242 cm³/mol. The molecule has 30 nitrogen and oxygen atoms in total. The first-order chi connectivity index (χ1) is 33.4. The molecule has 30 heteroatoms. The Hall–Kier alpha value is -2.94. The van der Waals surface area contributed by atoms with E-state index in [1.54, 1.807) is 6.92 Å². The van der Waals surface area contributed by atoms with Gasteiger partial charge < -0.3 is 151 Å². The summed E-state index contributed by atoms with van der Waals surface area (Å²) in [6.45, 7) is 3.72. The van der Waals surface area contributed by atoms with Crippen LogP contribution in [0.15, 0.2) is 0 Å². The normalized spacial score (nSPS) is 19.7. The summed E-state index contributed by atoms with van der Waals surface area (Å²) >= 11 is 0. The topological polar surface area (TPSA) is 588 Å². The Balaban J connectivity index is -0.000000181. The summed E-state index contributed by atoms with van der Waals surface area (Å²) in [7, 11) is 0. The zero-order chi connectivity index (χ0) is 57.9. The molecule has 0 heterocycles. The Labute approximate surface area is 415 Å². The van der Waals surface area contributed by atoms with Gasteiger partial charge in [0.25, 0.3) is 0 Å². The number of hydrogen-bond donors (Lipinski definition) is 24. The van der Waals surface area contributed by atoms with Crippen LogP contribution < -0.4 is 0 Å². The molecule has 0 aromatic carbocycles. The summed E-state index contributed by atoms with van der Waals surface area (Å²) in [5.74, 6) is 0. The number of aliphatic hydroxyl groups is 24. The van der Waals surface area contributed by atoms with E-state index in [1.165, 1.54) is 13.8 Å². The van der Waals surface area contributed by atoms with Crippen LogP contribution in [0.25, 0.3) is 0 Å². The van der Waals surface area contributed by atoms with Gasteiger partial charge in [-0.25, -0.2) is 0 Å². The SMILES string of the molecule is CC(O)C(O)CC(O)C(O)C=O.CC(O)CC(O)C(O)C(O)C=O.CCC(O)C(O)C(O)C(O)C=O.O=CC(O)C(O)C(O)CCCO.O=CC(O)C(O)CC(O)CCO.O=CC(O)C(O)CCC(O)CO. The summed E-state index contributed by atoms with van der Waals surface area (Å²) in [4.78, 5) is 59.7. The van der Waals surface area contributed by atoms with Gasteiger partial charge in [0.15, 0.2) is 37.7 Å². The van der Waals surface area contributed by atoms with Crippen molar-refractivity contribution in [2.45, 2.75) is 207 Å².